The van der Waals surface area contributed by atoms with Crippen LogP contribution in [0.1, 0.15) is 24.2 Å². The quantitative estimate of drug-likeness (QED) is 0.549. The van der Waals surface area contributed by atoms with Gasteiger partial charge < -0.3 is 9.47 Å². The average molecular weight is 450 g/mol. The zero-order valence-electron chi connectivity index (χ0n) is 15.4. The number of nitrogens with one attached hydrogen (secondary N) is 1. The zero-order valence-corrected chi connectivity index (χ0v) is 17.7. The number of aromatic nitrogens is 2. The monoisotopic (exact) mass is 448 g/mol. The number of likely N-dealkylation sites (N-methyl/N-ethyl adjacent to an activating group) is 1. The van der Waals surface area contributed by atoms with E-state index in [-0.39, 0.29) is 5.91 Å². The number of amides is 1. The number of halogens is 2. The predicted octanol–water partition coefficient (Wildman–Crippen LogP) is 5.05. The number of nitrogens with zero attached hydrogens (tertiary/aromatic N) is 3. The minimum absolute atomic E-state index is 0.271. The Morgan fingerprint density at radius 3 is 2.67 bits per heavy atom. The fraction of sp³-hybridized carbons (Fsp3) is 0.300. The maximum atomic E-state index is 12.8. The van der Waals surface area contributed by atoms with Crippen LogP contribution in [-0.2, 0) is 6.54 Å². The molecule has 1 amide bonds. The predicted molar refractivity (Wildman–Crippen MR) is 115 cm³/mol. The summed E-state index contributed by atoms with van der Waals surface area (Å²) in [6.07, 6.45) is 0. The van der Waals surface area contributed by atoms with Crippen molar-refractivity contribution >= 4 is 50.4 Å². The summed E-state index contributed by atoms with van der Waals surface area (Å²) in [5, 5.41) is 3.33. The first kappa shape index (κ1) is 19.9. The standard InChI is InChI=1S/C20H22BrClN4O/c1-3-25(4-2)11-12-26-18-8-6-5-7-17(18)23-20(26)24-19(27)15-10-9-14(21)13-16(15)22/h5-10,13H,3-4,11-12H2,1-2H3,(H,23,24,27). The number of fused-ring (bicyclic) bond motifs is 1. The van der Waals surface area contributed by atoms with Gasteiger partial charge in [0.25, 0.3) is 5.91 Å². The van der Waals surface area contributed by atoms with Crippen molar-refractivity contribution in [2.45, 2.75) is 20.4 Å². The molecule has 1 N–H and O–H groups in total. The third kappa shape index (κ3) is 4.51. The van der Waals surface area contributed by atoms with Gasteiger partial charge in [-0.1, -0.05) is 53.5 Å². The highest BCUT2D eigenvalue weighted by molar-refractivity contribution is 9.10. The smallest absolute Gasteiger partial charge is 0.259 e. The first-order valence-corrected chi connectivity index (χ1v) is 10.1. The molecule has 3 aromatic rings. The van der Waals surface area contributed by atoms with Crippen molar-refractivity contribution in [2.24, 2.45) is 0 Å². The third-order valence-corrected chi connectivity index (χ3v) is 5.40. The van der Waals surface area contributed by atoms with Gasteiger partial charge in [-0.25, -0.2) is 4.98 Å². The second kappa shape index (κ2) is 8.87. The summed E-state index contributed by atoms with van der Waals surface area (Å²) < 4.78 is 2.88. The number of anilines is 1. The molecule has 0 spiro atoms. The van der Waals surface area contributed by atoms with E-state index in [9.17, 15) is 4.79 Å². The van der Waals surface area contributed by atoms with E-state index in [1.807, 2.05) is 24.3 Å². The summed E-state index contributed by atoms with van der Waals surface area (Å²) >= 11 is 9.58. The van der Waals surface area contributed by atoms with Crippen molar-refractivity contribution in [3.05, 3.63) is 57.5 Å². The van der Waals surface area contributed by atoms with E-state index < -0.39 is 0 Å². The second-order valence-electron chi connectivity index (χ2n) is 6.18. The fourth-order valence-corrected chi connectivity index (χ4v) is 3.78. The minimum atomic E-state index is -0.271. The molecule has 2 aromatic carbocycles. The largest absolute Gasteiger partial charge is 0.309 e. The number of hydrogen-bond donors (Lipinski definition) is 1. The minimum Gasteiger partial charge on any atom is -0.309 e. The highest BCUT2D eigenvalue weighted by Crippen LogP contribution is 2.24. The molecule has 142 valence electrons. The lowest BCUT2D eigenvalue weighted by atomic mass is 10.2. The Hall–Kier alpha value is -1.89. The van der Waals surface area contributed by atoms with Crippen LogP contribution in [0.4, 0.5) is 5.95 Å². The van der Waals surface area contributed by atoms with Crippen LogP contribution in [-0.4, -0.2) is 40.0 Å². The summed E-state index contributed by atoms with van der Waals surface area (Å²) in [5.74, 6) is 0.263. The Morgan fingerprint density at radius 2 is 1.96 bits per heavy atom. The van der Waals surface area contributed by atoms with E-state index in [2.05, 4.69) is 49.5 Å². The highest BCUT2D eigenvalue weighted by Gasteiger charge is 2.16. The van der Waals surface area contributed by atoms with E-state index >= 15 is 0 Å². The molecule has 0 bridgehead atoms. The number of carbonyl (C=O) groups excluding carboxylic acids is 1. The zero-order chi connectivity index (χ0) is 19.4. The average Bonchev–Trinajstić information content (AvgIpc) is 2.99. The van der Waals surface area contributed by atoms with Gasteiger partial charge in [0.15, 0.2) is 0 Å². The highest BCUT2D eigenvalue weighted by atomic mass is 79.9. The molecule has 1 aromatic heterocycles. The molecule has 7 heteroatoms. The van der Waals surface area contributed by atoms with Crippen molar-refractivity contribution < 1.29 is 4.79 Å². The number of carbonyl (C=O) groups is 1. The molecular weight excluding hydrogens is 428 g/mol. The molecule has 0 aliphatic heterocycles. The van der Waals surface area contributed by atoms with Gasteiger partial charge >= 0.3 is 0 Å². The van der Waals surface area contributed by atoms with Gasteiger partial charge in [0.2, 0.25) is 5.95 Å². The van der Waals surface area contributed by atoms with Gasteiger partial charge in [-0.05, 0) is 43.4 Å². The van der Waals surface area contributed by atoms with E-state index in [4.69, 9.17) is 11.6 Å². The van der Waals surface area contributed by atoms with Crippen LogP contribution in [0.15, 0.2) is 46.9 Å². The molecule has 0 aliphatic rings. The van der Waals surface area contributed by atoms with Crippen LogP contribution in [0.3, 0.4) is 0 Å². The number of para-hydroxylation sites is 2. The lowest BCUT2D eigenvalue weighted by Crippen LogP contribution is -2.27. The third-order valence-electron chi connectivity index (χ3n) is 4.59. The summed E-state index contributed by atoms with van der Waals surface area (Å²) in [6.45, 7) is 7.89. The van der Waals surface area contributed by atoms with Crippen molar-refractivity contribution in [2.75, 3.05) is 25.0 Å². The van der Waals surface area contributed by atoms with Gasteiger partial charge in [-0.15, -0.1) is 0 Å². The summed E-state index contributed by atoms with van der Waals surface area (Å²) in [7, 11) is 0. The van der Waals surface area contributed by atoms with Gasteiger partial charge in [0, 0.05) is 17.6 Å². The molecule has 1 heterocycles. The molecule has 0 atom stereocenters. The van der Waals surface area contributed by atoms with Crippen molar-refractivity contribution in [3.8, 4) is 0 Å². The SMILES string of the molecule is CCN(CC)CCn1c(NC(=O)c2ccc(Br)cc2Cl)nc2ccccc21. The first-order chi connectivity index (χ1) is 13.0. The van der Waals surface area contributed by atoms with Crippen LogP contribution < -0.4 is 5.32 Å². The summed E-state index contributed by atoms with van der Waals surface area (Å²) in [4.78, 5) is 19.7. The van der Waals surface area contributed by atoms with E-state index in [1.54, 1.807) is 18.2 Å². The maximum absolute atomic E-state index is 12.8. The maximum Gasteiger partial charge on any atom is 0.259 e. The molecule has 0 unspecified atom stereocenters. The van der Waals surface area contributed by atoms with Gasteiger partial charge in [0.1, 0.15) is 0 Å². The molecule has 5 nitrogen and oxygen atoms in total. The van der Waals surface area contributed by atoms with E-state index in [0.29, 0.717) is 16.5 Å². The van der Waals surface area contributed by atoms with Crippen molar-refractivity contribution in [1.29, 1.82) is 0 Å². The van der Waals surface area contributed by atoms with Gasteiger partial charge in [-0.3, -0.25) is 10.1 Å². The Kier molecular flexibility index (Phi) is 6.52. The molecular formula is C20H22BrClN4O. The van der Waals surface area contributed by atoms with Crippen LogP contribution in [0, 0.1) is 0 Å². The Labute approximate surface area is 172 Å². The van der Waals surface area contributed by atoms with Crippen molar-refractivity contribution in [1.82, 2.24) is 14.5 Å². The molecule has 0 aliphatic carbocycles. The number of hydrogen-bond acceptors (Lipinski definition) is 3. The number of imidazole rings is 1. The van der Waals surface area contributed by atoms with Crippen LogP contribution in [0.2, 0.25) is 5.02 Å². The van der Waals surface area contributed by atoms with Gasteiger partial charge in [0.05, 0.1) is 21.6 Å². The number of rotatable bonds is 7. The fourth-order valence-electron chi connectivity index (χ4n) is 3.02. The van der Waals surface area contributed by atoms with Crippen LogP contribution in [0.5, 0.6) is 0 Å². The normalized spacial score (nSPS) is 11.3. The molecule has 0 radical (unpaired) electrons. The van der Waals surface area contributed by atoms with Crippen LogP contribution in [0.25, 0.3) is 11.0 Å². The van der Waals surface area contributed by atoms with E-state index in [0.717, 1.165) is 41.7 Å². The Morgan fingerprint density at radius 1 is 1.22 bits per heavy atom. The topological polar surface area (TPSA) is 50.2 Å². The van der Waals surface area contributed by atoms with Gasteiger partial charge in [-0.2, -0.15) is 0 Å². The Balaban J connectivity index is 1.90. The lowest BCUT2D eigenvalue weighted by molar-refractivity contribution is 0.102. The van der Waals surface area contributed by atoms with E-state index in [1.165, 1.54) is 0 Å². The molecule has 3 rings (SSSR count). The summed E-state index contributed by atoms with van der Waals surface area (Å²) in [6, 6.07) is 13.1. The molecule has 0 saturated heterocycles. The molecule has 0 fully saturated rings. The lowest BCUT2D eigenvalue weighted by Gasteiger charge is -2.19. The molecule has 0 saturated carbocycles. The number of benzene rings is 2. The van der Waals surface area contributed by atoms with Crippen LogP contribution >= 0.6 is 27.5 Å². The van der Waals surface area contributed by atoms with Crippen molar-refractivity contribution in [3.63, 3.8) is 0 Å². The summed E-state index contributed by atoms with van der Waals surface area (Å²) in [5.41, 5.74) is 2.28. The molecule has 27 heavy (non-hydrogen) atoms. The first-order valence-electron chi connectivity index (χ1n) is 8.97. The second-order valence-corrected chi connectivity index (χ2v) is 7.50. The Bertz CT molecular complexity index is 952.